The predicted molar refractivity (Wildman–Crippen MR) is 100 cm³/mol. The zero-order valence-electron chi connectivity index (χ0n) is 15.3. The molecule has 3 aliphatic rings. The highest BCUT2D eigenvalue weighted by molar-refractivity contribution is 5.94. The summed E-state index contributed by atoms with van der Waals surface area (Å²) in [6.07, 6.45) is 10.7. The number of carbonyl (C=O) groups excluding carboxylic acids is 2. The molecule has 2 saturated carbocycles. The number of fused-ring (bicyclic) bond motifs is 1. The second-order valence-electron chi connectivity index (χ2n) is 7.83. The number of nitrogens with one attached hydrogen (secondary N) is 1. The van der Waals surface area contributed by atoms with Crippen LogP contribution in [0.1, 0.15) is 63.4 Å². The third-order valence-corrected chi connectivity index (χ3v) is 6.06. The molecule has 0 aromatic heterocycles. The smallest absolute Gasteiger partial charge is 0.261 e. The topological polar surface area (TPSA) is 58.6 Å². The number of hydrogen-bond acceptors (Lipinski definition) is 3. The molecule has 2 aliphatic carbocycles. The number of anilines is 1. The minimum absolute atomic E-state index is 0.0603. The molecule has 5 heteroatoms. The first-order chi connectivity index (χ1) is 12.7. The quantitative estimate of drug-likeness (QED) is 0.876. The molecule has 0 spiro atoms. The molecule has 140 valence electrons. The molecule has 26 heavy (non-hydrogen) atoms. The van der Waals surface area contributed by atoms with Gasteiger partial charge in [0.15, 0.2) is 6.61 Å². The minimum atomic E-state index is 0.0603. The van der Waals surface area contributed by atoms with Gasteiger partial charge < -0.3 is 15.0 Å². The first-order valence-corrected chi connectivity index (χ1v) is 10.1. The van der Waals surface area contributed by atoms with Gasteiger partial charge in [0, 0.05) is 24.2 Å². The van der Waals surface area contributed by atoms with Crippen molar-refractivity contribution >= 4 is 17.5 Å². The molecule has 0 unspecified atom stereocenters. The van der Waals surface area contributed by atoms with Gasteiger partial charge in [-0.05, 0) is 55.9 Å². The predicted octanol–water partition coefficient (Wildman–Crippen LogP) is 3.66. The Kier molecular flexibility index (Phi) is 5.14. The highest BCUT2D eigenvalue weighted by Gasteiger charge is 2.34. The van der Waals surface area contributed by atoms with Crippen LogP contribution in [0.5, 0.6) is 5.75 Å². The van der Waals surface area contributed by atoms with Crippen molar-refractivity contribution in [3.05, 3.63) is 23.8 Å². The molecule has 1 aromatic rings. The highest BCUT2D eigenvalue weighted by atomic mass is 16.5. The van der Waals surface area contributed by atoms with Crippen LogP contribution in [0.15, 0.2) is 18.2 Å². The maximum Gasteiger partial charge on any atom is 0.261 e. The molecule has 0 bridgehead atoms. The molecule has 1 heterocycles. The molecule has 0 atom stereocenters. The summed E-state index contributed by atoms with van der Waals surface area (Å²) >= 11 is 0. The van der Waals surface area contributed by atoms with Gasteiger partial charge in [0.1, 0.15) is 5.75 Å². The lowest BCUT2D eigenvalue weighted by molar-refractivity contribution is -0.138. The van der Waals surface area contributed by atoms with Crippen molar-refractivity contribution in [3.63, 3.8) is 0 Å². The average Bonchev–Trinajstić information content (AvgIpc) is 3.35. The molecule has 2 amide bonds. The Morgan fingerprint density at radius 2 is 1.69 bits per heavy atom. The monoisotopic (exact) mass is 356 g/mol. The summed E-state index contributed by atoms with van der Waals surface area (Å²) in [4.78, 5) is 26.6. The number of carbonyl (C=O) groups is 2. The van der Waals surface area contributed by atoms with Crippen molar-refractivity contribution in [1.82, 2.24) is 4.90 Å². The Bertz CT molecular complexity index is 660. The van der Waals surface area contributed by atoms with Gasteiger partial charge in [-0.1, -0.05) is 25.7 Å². The van der Waals surface area contributed by atoms with Crippen LogP contribution in [0.2, 0.25) is 0 Å². The summed E-state index contributed by atoms with van der Waals surface area (Å²) in [7, 11) is 0. The van der Waals surface area contributed by atoms with Gasteiger partial charge >= 0.3 is 0 Å². The van der Waals surface area contributed by atoms with Crippen molar-refractivity contribution in [3.8, 4) is 5.75 Å². The molecule has 4 rings (SSSR count). The van der Waals surface area contributed by atoms with Crippen LogP contribution in [0, 0.1) is 0 Å². The molecule has 0 saturated heterocycles. The Morgan fingerprint density at radius 1 is 1.04 bits per heavy atom. The maximum absolute atomic E-state index is 13.0. The molecule has 1 N–H and O–H groups in total. The van der Waals surface area contributed by atoms with E-state index in [1.165, 1.54) is 25.7 Å². The van der Waals surface area contributed by atoms with Crippen LogP contribution in [0.4, 0.5) is 5.69 Å². The first-order valence-electron chi connectivity index (χ1n) is 10.1. The minimum Gasteiger partial charge on any atom is -0.484 e. The number of nitrogens with zero attached hydrogens (tertiary/aromatic N) is 1. The largest absolute Gasteiger partial charge is 0.484 e. The summed E-state index contributed by atoms with van der Waals surface area (Å²) in [6, 6.07) is 6.49. The van der Waals surface area contributed by atoms with Crippen molar-refractivity contribution in [2.24, 2.45) is 0 Å². The normalized spacial score (nSPS) is 20.7. The fourth-order valence-electron chi connectivity index (χ4n) is 4.74. The van der Waals surface area contributed by atoms with Gasteiger partial charge in [-0.2, -0.15) is 0 Å². The number of aryl methyl sites for hydroxylation is 1. The van der Waals surface area contributed by atoms with Gasteiger partial charge in [-0.15, -0.1) is 0 Å². The number of ether oxygens (including phenoxy) is 1. The fraction of sp³-hybridized carbons (Fsp3) is 0.619. The summed E-state index contributed by atoms with van der Waals surface area (Å²) in [6.45, 7) is 0.109. The second-order valence-corrected chi connectivity index (χ2v) is 7.83. The standard InChI is InChI=1S/C21H28N2O3/c24-20-12-9-15-13-18(10-11-19(15)22-20)26-14-21(25)23(16-5-1-2-6-16)17-7-3-4-8-17/h10-11,13,16-17H,1-9,12,14H2,(H,22,24). The van der Waals surface area contributed by atoms with E-state index >= 15 is 0 Å². The van der Waals surface area contributed by atoms with Gasteiger partial charge in [0.25, 0.3) is 5.91 Å². The zero-order valence-corrected chi connectivity index (χ0v) is 15.3. The Labute approximate surface area is 155 Å². The first kappa shape index (κ1) is 17.4. The Balaban J connectivity index is 1.41. The van der Waals surface area contributed by atoms with Crippen LogP contribution in [-0.4, -0.2) is 35.4 Å². The number of rotatable bonds is 5. The zero-order chi connectivity index (χ0) is 17.9. The van der Waals surface area contributed by atoms with Crippen LogP contribution in [0.3, 0.4) is 0 Å². The van der Waals surface area contributed by atoms with E-state index in [4.69, 9.17) is 4.74 Å². The van der Waals surface area contributed by atoms with Crippen molar-refractivity contribution in [2.45, 2.75) is 76.3 Å². The molecule has 2 fully saturated rings. The van der Waals surface area contributed by atoms with E-state index in [0.29, 0.717) is 24.3 Å². The lowest BCUT2D eigenvalue weighted by Crippen LogP contribution is -2.47. The van der Waals surface area contributed by atoms with Crippen LogP contribution >= 0.6 is 0 Å². The Hall–Kier alpha value is -2.04. The van der Waals surface area contributed by atoms with E-state index in [1.807, 2.05) is 18.2 Å². The maximum atomic E-state index is 13.0. The number of benzene rings is 1. The van der Waals surface area contributed by atoms with Gasteiger partial charge in [0.2, 0.25) is 5.91 Å². The van der Waals surface area contributed by atoms with Crippen molar-refractivity contribution in [1.29, 1.82) is 0 Å². The molecular formula is C21H28N2O3. The van der Waals surface area contributed by atoms with Crippen molar-refractivity contribution < 1.29 is 14.3 Å². The average molecular weight is 356 g/mol. The Morgan fingerprint density at radius 3 is 2.35 bits per heavy atom. The van der Waals surface area contributed by atoms with E-state index in [9.17, 15) is 9.59 Å². The van der Waals surface area contributed by atoms with Crippen molar-refractivity contribution in [2.75, 3.05) is 11.9 Å². The molecule has 1 aliphatic heterocycles. The van der Waals surface area contributed by atoms with E-state index in [-0.39, 0.29) is 18.4 Å². The van der Waals surface area contributed by atoms with Gasteiger partial charge in [-0.25, -0.2) is 0 Å². The van der Waals surface area contributed by atoms with Crippen LogP contribution in [0.25, 0.3) is 0 Å². The summed E-state index contributed by atoms with van der Waals surface area (Å²) in [5.74, 6) is 0.908. The summed E-state index contributed by atoms with van der Waals surface area (Å²) in [5, 5.41) is 2.87. The molecular weight excluding hydrogens is 328 g/mol. The fourth-order valence-corrected chi connectivity index (χ4v) is 4.74. The molecule has 0 radical (unpaired) electrons. The third-order valence-electron chi connectivity index (χ3n) is 6.06. The van der Waals surface area contributed by atoms with E-state index in [2.05, 4.69) is 10.2 Å². The highest BCUT2D eigenvalue weighted by Crippen LogP contribution is 2.32. The van der Waals surface area contributed by atoms with E-state index < -0.39 is 0 Å². The third kappa shape index (κ3) is 3.71. The lowest BCUT2D eigenvalue weighted by Gasteiger charge is -2.34. The number of amides is 2. The second kappa shape index (κ2) is 7.68. The van der Waals surface area contributed by atoms with Crippen LogP contribution in [-0.2, 0) is 16.0 Å². The van der Waals surface area contributed by atoms with E-state index in [0.717, 1.165) is 43.4 Å². The van der Waals surface area contributed by atoms with Gasteiger partial charge in [0.05, 0.1) is 0 Å². The number of hydrogen-bond donors (Lipinski definition) is 1. The van der Waals surface area contributed by atoms with Crippen LogP contribution < -0.4 is 10.1 Å². The summed E-state index contributed by atoms with van der Waals surface area (Å²) in [5.41, 5.74) is 1.94. The lowest BCUT2D eigenvalue weighted by atomic mass is 10.0. The van der Waals surface area contributed by atoms with Gasteiger partial charge in [-0.3, -0.25) is 9.59 Å². The van der Waals surface area contributed by atoms with E-state index in [1.54, 1.807) is 0 Å². The summed E-state index contributed by atoms with van der Waals surface area (Å²) < 4.78 is 5.86. The molecule has 5 nitrogen and oxygen atoms in total. The molecule has 1 aromatic carbocycles. The SMILES string of the molecule is O=C1CCc2cc(OCC(=O)N(C3CCCC3)C3CCCC3)ccc2N1.